The molecule has 0 aliphatic heterocycles. The topological polar surface area (TPSA) is 46.2 Å². The minimum Gasteiger partial charge on any atom is -0.388 e. The van der Waals surface area contributed by atoms with E-state index in [0.717, 1.165) is 11.3 Å². The van der Waals surface area contributed by atoms with Crippen molar-refractivity contribution in [1.82, 2.24) is 0 Å². The van der Waals surface area contributed by atoms with Crippen molar-refractivity contribution >= 4 is 17.3 Å². The van der Waals surface area contributed by atoms with Crippen LogP contribution >= 0.6 is 0 Å². The summed E-state index contributed by atoms with van der Waals surface area (Å²) in [6, 6.07) is 14.6. The number of ketones is 2. The van der Waals surface area contributed by atoms with E-state index in [2.05, 4.69) is 5.32 Å². The minimum atomic E-state index is 0.00616. The van der Waals surface area contributed by atoms with Gasteiger partial charge in [-0.05, 0) is 24.6 Å². The van der Waals surface area contributed by atoms with Gasteiger partial charge in [0.15, 0.2) is 11.6 Å². The van der Waals surface area contributed by atoms with Crippen LogP contribution in [0.2, 0.25) is 0 Å². The van der Waals surface area contributed by atoms with Gasteiger partial charge in [0.05, 0.1) is 0 Å². The molecule has 0 radical (unpaired) electrons. The number of hydrogen-bond donors (Lipinski definition) is 1. The summed E-state index contributed by atoms with van der Waals surface area (Å²) in [5, 5.41) is 3.04. The SMILES string of the molecule is CNc1ccc(CC(=O)c2ccc(C(C)=O)cc2)cc1. The fourth-order valence-corrected chi connectivity index (χ4v) is 1.97. The predicted molar refractivity (Wildman–Crippen MR) is 80.5 cm³/mol. The highest BCUT2D eigenvalue weighted by molar-refractivity contribution is 5.99. The molecular formula is C17H17NO2. The molecule has 0 aromatic heterocycles. The van der Waals surface area contributed by atoms with Crippen molar-refractivity contribution < 1.29 is 9.59 Å². The largest absolute Gasteiger partial charge is 0.388 e. The van der Waals surface area contributed by atoms with Crippen molar-refractivity contribution in [2.75, 3.05) is 12.4 Å². The number of hydrogen-bond acceptors (Lipinski definition) is 3. The maximum absolute atomic E-state index is 12.1. The third-order valence-electron chi connectivity index (χ3n) is 3.22. The Kier molecular flexibility index (Phi) is 4.31. The van der Waals surface area contributed by atoms with Gasteiger partial charge in [0, 0.05) is 30.3 Å². The molecular weight excluding hydrogens is 250 g/mol. The van der Waals surface area contributed by atoms with Crippen LogP contribution in [-0.2, 0) is 6.42 Å². The molecule has 3 heteroatoms. The van der Waals surface area contributed by atoms with Gasteiger partial charge in [-0.1, -0.05) is 36.4 Å². The van der Waals surface area contributed by atoms with Gasteiger partial charge in [-0.15, -0.1) is 0 Å². The van der Waals surface area contributed by atoms with E-state index in [-0.39, 0.29) is 11.6 Å². The Hall–Kier alpha value is -2.42. The molecule has 2 rings (SSSR count). The van der Waals surface area contributed by atoms with E-state index >= 15 is 0 Å². The molecule has 1 N–H and O–H groups in total. The number of carbonyl (C=O) groups is 2. The highest BCUT2D eigenvalue weighted by Gasteiger charge is 2.08. The molecule has 2 aromatic carbocycles. The molecule has 0 amide bonds. The fourth-order valence-electron chi connectivity index (χ4n) is 1.97. The molecule has 0 heterocycles. The zero-order valence-electron chi connectivity index (χ0n) is 11.6. The normalized spacial score (nSPS) is 10.1. The standard InChI is InChI=1S/C17H17NO2/c1-12(19)14-5-7-15(8-6-14)17(20)11-13-3-9-16(18-2)10-4-13/h3-10,18H,11H2,1-2H3. The number of benzene rings is 2. The summed E-state index contributed by atoms with van der Waals surface area (Å²) < 4.78 is 0. The van der Waals surface area contributed by atoms with Crippen molar-refractivity contribution in [2.24, 2.45) is 0 Å². The molecule has 0 saturated carbocycles. The number of Topliss-reactive ketones (excluding diaryl/α,β-unsaturated/α-hetero) is 2. The van der Waals surface area contributed by atoms with Gasteiger partial charge in [0.2, 0.25) is 0 Å². The summed E-state index contributed by atoms with van der Waals surface area (Å²) in [7, 11) is 1.86. The molecule has 2 aromatic rings. The third-order valence-corrected chi connectivity index (χ3v) is 3.22. The molecule has 0 spiro atoms. The van der Waals surface area contributed by atoms with Crippen molar-refractivity contribution in [1.29, 1.82) is 0 Å². The van der Waals surface area contributed by atoms with Crippen molar-refractivity contribution in [3.05, 3.63) is 65.2 Å². The van der Waals surface area contributed by atoms with Gasteiger partial charge in [-0.2, -0.15) is 0 Å². The van der Waals surface area contributed by atoms with E-state index in [1.165, 1.54) is 6.92 Å². The number of anilines is 1. The van der Waals surface area contributed by atoms with Gasteiger partial charge in [0.1, 0.15) is 0 Å². The van der Waals surface area contributed by atoms with Crippen LogP contribution in [0.5, 0.6) is 0 Å². The summed E-state index contributed by atoms with van der Waals surface area (Å²) in [5.74, 6) is 0.0592. The average Bonchev–Trinajstić information content (AvgIpc) is 2.48. The number of carbonyl (C=O) groups excluding carboxylic acids is 2. The summed E-state index contributed by atoms with van der Waals surface area (Å²) >= 11 is 0. The number of rotatable bonds is 5. The number of nitrogens with one attached hydrogen (secondary N) is 1. The predicted octanol–water partition coefficient (Wildman–Crippen LogP) is 3.36. The molecule has 3 nitrogen and oxygen atoms in total. The van der Waals surface area contributed by atoms with Crippen molar-refractivity contribution in [3.63, 3.8) is 0 Å². The Balaban J connectivity index is 2.08. The molecule has 0 unspecified atom stereocenters. The smallest absolute Gasteiger partial charge is 0.167 e. The Labute approximate surface area is 118 Å². The summed E-state index contributed by atoms with van der Waals surface area (Å²) in [4.78, 5) is 23.3. The maximum atomic E-state index is 12.1. The first kappa shape index (κ1) is 14.0. The van der Waals surface area contributed by atoms with Crippen LogP contribution in [0.25, 0.3) is 0 Å². The molecule has 0 atom stereocenters. The van der Waals surface area contributed by atoms with E-state index in [4.69, 9.17) is 0 Å². The van der Waals surface area contributed by atoms with E-state index in [1.54, 1.807) is 24.3 Å². The molecule has 0 fully saturated rings. The second kappa shape index (κ2) is 6.15. The summed E-state index contributed by atoms with van der Waals surface area (Å²) in [6.45, 7) is 1.51. The maximum Gasteiger partial charge on any atom is 0.167 e. The Bertz CT molecular complexity index is 612. The highest BCUT2D eigenvalue weighted by atomic mass is 16.1. The Morgan fingerprint density at radius 1 is 0.900 bits per heavy atom. The lowest BCUT2D eigenvalue weighted by Gasteiger charge is -2.04. The fraction of sp³-hybridized carbons (Fsp3) is 0.176. The molecule has 20 heavy (non-hydrogen) atoms. The quantitative estimate of drug-likeness (QED) is 0.845. The van der Waals surface area contributed by atoms with Crippen LogP contribution in [0.15, 0.2) is 48.5 Å². The van der Waals surface area contributed by atoms with Crippen LogP contribution in [0.3, 0.4) is 0 Å². The first-order valence-corrected chi connectivity index (χ1v) is 6.51. The lowest BCUT2D eigenvalue weighted by atomic mass is 10.0. The van der Waals surface area contributed by atoms with Crippen molar-refractivity contribution in [3.8, 4) is 0 Å². The van der Waals surface area contributed by atoms with E-state index < -0.39 is 0 Å². The van der Waals surface area contributed by atoms with Gasteiger partial charge in [-0.25, -0.2) is 0 Å². The third kappa shape index (κ3) is 3.32. The first-order chi connectivity index (χ1) is 9.60. The zero-order chi connectivity index (χ0) is 14.5. The lowest BCUT2D eigenvalue weighted by Crippen LogP contribution is -2.04. The molecule has 102 valence electrons. The van der Waals surface area contributed by atoms with Gasteiger partial charge in [-0.3, -0.25) is 9.59 Å². The van der Waals surface area contributed by atoms with Gasteiger partial charge < -0.3 is 5.32 Å². The first-order valence-electron chi connectivity index (χ1n) is 6.51. The lowest BCUT2D eigenvalue weighted by molar-refractivity contribution is 0.0987. The Morgan fingerprint density at radius 3 is 1.95 bits per heavy atom. The van der Waals surface area contributed by atoms with E-state index in [1.807, 2.05) is 31.3 Å². The highest BCUT2D eigenvalue weighted by Crippen LogP contribution is 2.12. The van der Waals surface area contributed by atoms with Gasteiger partial charge >= 0.3 is 0 Å². The second-order valence-corrected chi connectivity index (χ2v) is 4.68. The summed E-state index contributed by atoms with van der Waals surface area (Å²) in [6.07, 6.45) is 0.364. The minimum absolute atomic E-state index is 0.00616. The van der Waals surface area contributed by atoms with E-state index in [9.17, 15) is 9.59 Å². The monoisotopic (exact) mass is 267 g/mol. The average molecular weight is 267 g/mol. The zero-order valence-corrected chi connectivity index (χ0v) is 11.6. The van der Waals surface area contributed by atoms with E-state index in [0.29, 0.717) is 17.5 Å². The van der Waals surface area contributed by atoms with Crippen LogP contribution < -0.4 is 5.32 Å². The molecule has 0 aliphatic rings. The van der Waals surface area contributed by atoms with Crippen LogP contribution in [0.4, 0.5) is 5.69 Å². The molecule has 0 saturated heterocycles. The molecule has 0 aliphatic carbocycles. The van der Waals surface area contributed by atoms with Crippen LogP contribution in [0.1, 0.15) is 33.2 Å². The molecule has 0 bridgehead atoms. The Morgan fingerprint density at radius 2 is 1.45 bits per heavy atom. The summed E-state index contributed by atoms with van der Waals surface area (Å²) in [5.41, 5.74) is 3.25. The van der Waals surface area contributed by atoms with Crippen molar-refractivity contribution in [2.45, 2.75) is 13.3 Å². The van der Waals surface area contributed by atoms with Crippen LogP contribution in [-0.4, -0.2) is 18.6 Å². The van der Waals surface area contributed by atoms with Gasteiger partial charge in [0.25, 0.3) is 0 Å². The van der Waals surface area contributed by atoms with Crippen LogP contribution in [0, 0.1) is 0 Å². The second-order valence-electron chi connectivity index (χ2n) is 4.68.